The van der Waals surface area contributed by atoms with E-state index in [1.807, 2.05) is 0 Å². The second kappa shape index (κ2) is 5.94. The van der Waals surface area contributed by atoms with Gasteiger partial charge in [0.05, 0.1) is 18.9 Å². The highest BCUT2D eigenvalue weighted by Gasteiger charge is 2.06. The summed E-state index contributed by atoms with van der Waals surface area (Å²) in [5.41, 5.74) is 1.20. The lowest BCUT2D eigenvalue weighted by molar-refractivity contribution is 0.0600. The summed E-state index contributed by atoms with van der Waals surface area (Å²) in [6.07, 6.45) is 2.68. The Morgan fingerprint density at radius 2 is 1.94 bits per heavy atom. The van der Waals surface area contributed by atoms with E-state index in [1.54, 1.807) is 24.3 Å². The van der Waals surface area contributed by atoms with Crippen molar-refractivity contribution in [3.05, 3.63) is 41.7 Å². The highest BCUT2D eigenvalue weighted by Crippen LogP contribution is 2.07. The predicted octanol–water partition coefficient (Wildman–Crippen LogP) is 0.430. The van der Waals surface area contributed by atoms with Crippen LogP contribution in [0.1, 0.15) is 15.9 Å². The minimum Gasteiger partial charge on any atom is -0.518 e. The summed E-state index contributed by atoms with van der Waals surface area (Å²) in [6, 6.07) is 6.55. The first-order valence-electron chi connectivity index (χ1n) is 4.50. The van der Waals surface area contributed by atoms with Crippen LogP contribution in [0.2, 0.25) is 0 Å². The maximum absolute atomic E-state index is 11.1. The fourth-order valence-electron chi connectivity index (χ4n) is 1.04. The zero-order valence-electron chi connectivity index (χ0n) is 8.66. The van der Waals surface area contributed by atoms with Crippen molar-refractivity contribution in [3.63, 3.8) is 0 Å². The number of hydrogen-bond donors (Lipinski definition) is 2. The van der Waals surface area contributed by atoms with Gasteiger partial charge >= 0.3 is 13.3 Å². The third kappa shape index (κ3) is 3.76. The van der Waals surface area contributed by atoms with E-state index in [4.69, 9.17) is 10.0 Å². The first-order valence-corrected chi connectivity index (χ1v) is 4.50. The van der Waals surface area contributed by atoms with E-state index in [2.05, 4.69) is 9.39 Å². The summed E-state index contributed by atoms with van der Waals surface area (Å²) in [4.78, 5) is 11.1. The summed E-state index contributed by atoms with van der Waals surface area (Å²) in [5.74, 6) is -0.405. The topological polar surface area (TPSA) is 76.0 Å². The molecule has 0 aromatic heterocycles. The van der Waals surface area contributed by atoms with Gasteiger partial charge in [0.15, 0.2) is 0 Å². The van der Waals surface area contributed by atoms with Gasteiger partial charge < -0.3 is 19.4 Å². The largest absolute Gasteiger partial charge is 0.707 e. The number of esters is 1. The standard InChI is InChI=1S/C10H11BO5/c1-15-10(12)9-4-2-8(3-5-9)6-7-16-11(13)14/h2-7,13-14H,1H3/b7-6+. The summed E-state index contributed by atoms with van der Waals surface area (Å²) in [5, 5.41) is 16.8. The lowest BCUT2D eigenvalue weighted by atomic mass is 10.1. The quantitative estimate of drug-likeness (QED) is 0.438. The van der Waals surface area contributed by atoms with Crippen LogP contribution in [-0.2, 0) is 9.39 Å². The molecule has 0 unspecified atom stereocenters. The van der Waals surface area contributed by atoms with Crippen molar-refractivity contribution in [2.75, 3.05) is 7.11 Å². The highest BCUT2D eigenvalue weighted by atomic mass is 16.6. The van der Waals surface area contributed by atoms with Crippen LogP contribution in [0.3, 0.4) is 0 Å². The van der Waals surface area contributed by atoms with Gasteiger partial charge in [-0.25, -0.2) is 4.79 Å². The molecular weight excluding hydrogens is 211 g/mol. The SMILES string of the molecule is COC(=O)c1ccc(/C=C/OB(O)O)cc1. The third-order valence-electron chi connectivity index (χ3n) is 1.79. The van der Waals surface area contributed by atoms with Crippen LogP contribution in [0.15, 0.2) is 30.5 Å². The molecule has 0 bridgehead atoms. The van der Waals surface area contributed by atoms with Crippen LogP contribution >= 0.6 is 0 Å². The molecule has 5 nitrogen and oxygen atoms in total. The predicted molar refractivity (Wildman–Crippen MR) is 58.1 cm³/mol. The van der Waals surface area contributed by atoms with Crippen LogP contribution in [0.25, 0.3) is 6.08 Å². The normalized spacial score (nSPS) is 10.2. The summed E-state index contributed by atoms with van der Waals surface area (Å²) in [6.45, 7) is 0. The summed E-state index contributed by atoms with van der Waals surface area (Å²) in [7, 11) is -0.516. The summed E-state index contributed by atoms with van der Waals surface area (Å²) >= 11 is 0. The molecule has 0 aliphatic carbocycles. The summed E-state index contributed by atoms with van der Waals surface area (Å²) < 4.78 is 8.92. The Morgan fingerprint density at radius 3 is 2.44 bits per heavy atom. The number of hydrogen-bond acceptors (Lipinski definition) is 5. The molecule has 0 heterocycles. The molecule has 1 aromatic carbocycles. The number of benzene rings is 1. The maximum Gasteiger partial charge on any atom is 0.707 e. The molecular formula is C10H11BO5. The van der Waals surface area contributed by atoms with Crippen molar-refractivity contribution in [3.8, 4) is 0 Å². The highest BCUT2D eigenvalue weighted by molar-refractivity contribution is 6.32. The van der Waals surface area contributed by atoms with Crippen molar-refractivity contribution in [2.45, 2.75) is 0 Å². The number of carbonyl (C=O) groups is 1. The zero-order valence-corrected chi connectivity index (χ0v) is 8.66. The van der Waals surface area contributed by atoms with Gasteiger partial charge in [-0.1, -0.05) is 12.1 Å². The molecule has 0 aliphatic rings. The Balaban J connectivity index is 2.64. The average molecular weight is 222 g/mol. The fourth-order valence-corrected chi connectivity index (χ4v) is 1.04. The van der Waals surface area contributed by atoms with E-state index in [1.165, 1.54) is 13.2 Å². The molecule has 0 aliphatic heterocycles. The van der Waals surface area contributed by atoms with Crippen molar-refractivity contribution < 1.29 is 24.2 Å². The van der Waals surface area contributed by atoms with Crippen molar-refractivity contribution in [1.82, 2.24) is 0 Å². The molecule has 0 amide bonds. The molecule has 0 radical (unpaired) electrons. The molecule has 2 N–H and O–H groups in total. The number of methoxy groups -OCH3 is 1. The van der Waals surface area contributed by atoms with Crippen LogP contribution in [0.5, 0.6) is 0 Å². The third-order valence-corrected chi connectivity index (χ3v) is 1.79. The molecule has 1 aromatic rings. The van der Waals surface area contributed by atoms with Gasteiger partial charge in [0.25, 0.3) is 0 Å². The van der Waals surface area contributed by atoms with E-state index in [-0.39, 0.29) is 0 Å². The molecule has 1 rings (SSSR count). The Morgan fingerprint density at radius 1 is 1.31 bits per heavy atom. The Hall–Kier alpha value is -1.79. The maximum atomic E-state index is 11.1. The molecule has 0 saturated heterocycles. The molecule has 6 heteroatoms. The Kier molecular flexibility index (Phi) is 4.56. The van der Waals surface area contributed by atoms with Gasteiger partial charge in [-0.2, -0.15) is 0 Å². The Bertz CT molecular complexity index is 371. The van der Waals surface area contributed by atoms with E-state index < -0.39 is 13.3 Å². The monoisotopic (exact) mass is 222 g/mol. The van der Waals surface area contributed by atoms with Gasteiger partial charge in [-0.15, -0.1) is 0 Å². The van der Waals surface area contributed by atoms with E-state index in [9.17, 15) is 4.79 Å². The van der Waals surface area contributed by atoms with Gasteiger partial charge in [-0.05, 0) is 23.8 Å². The van der Waals surface area contributed by atoms with Gasteiger partial charge in [0.1, 0.15) is 0 Å². The van der Waals surface area contributed by atoms with E-state index in [0.717, 1.165) is 11.8 Å². The second-order valence-electron chi connectivity index (χ2n) is 2.88. The first-order chi connectivity index (χ1) is 7.63. The molecule has 0 saturated carbocycles. The lowest BCUT2D eigenvalue weighted by Crippen LogP contribution is -2.12. The Labute approximate surface area is 93.1 Å². The lowest BCUT2D eigenvalue weighted by Gasteiger charge is -1.99. The van der Waals surface area contributed by atoms with Crippen molar-refractivity contribution in [2.24, 2.45) is 0 Å². The molecule has 84 valence electrons. The van der Waals surface area contributed by atoms with Crippen molar-refractivity contribution >= 4 is 19.4 Å². The second-order valence-corrected chi connectivity index (χ2v) is 2.88. The zero-order chi connectivity index (χ0) is 12.0. The molecule has 0 atom stereocenters. The number of ether oxygens (including phenoxy) is 1. The van der Waals surface area contributed by atoms with Gasteiger partial charge in [-0.3, -0.25) is 0 Å². The van der Waals surface area contributed by atoms with Gasteiger partial charge in [0.2, 0.25) is 0 Å². The minimum absolute atomic E-state index is 0.405. The fraction of sp³-hybridized carbons (Fsp3) is 0.100. The number of carbonyl (C=O) groups excluding carboxylic acids is 1. The van der Waals surface area contributed by atoms with E-state index >= 15 is 0 Å². The van der Waals surface area contributed by atoms with Crippen LogP contribution < -0.4 is 0 Å². The van der Waals surface area contributed by atoms with Crippen LogP contribution in [-0.4, -0.2) is 30.4 Å². The van der Waals surface area contributed by atoms with Crippen LogP contribution in [0, 0.1) is 0 Å². The minimum atomic E-state index is -1.83. The smallest absolute Gasteiger partial charge is 0.518 e. The van der Waals surface area contributed by atoms with Crippen molar-refractivity contribution in [1.29, 1.82) is 0 Å². The molecule has 0 spiro atoms. The van der Waals surface area contributed by atoms with E-state index in [0.29, 0.717) is 5.56 Å². The van der Waals surface area contributed by atoms with Crippen LogP contribution in [0.4, 0.5) is 0 Å². The molecule has 0 fully saturated rings. The van der Waals surface area contributed by atoms with Gasteiger partial charge in [0, 0.05) is 0 Å². The average Bonchev–Trinajstić information content (AvgIpc) is 2.28. The number of rotatable bonds is 4. The first kappa shape index (κ1) is 12.3. The molecule has 16 heavy (non-hydrogen) atoms.